The molecule has 1 N–H and O–H groups in total. The van der Waals surface area contributed by atoms with E-state index in [1.807, 2.05) is 13.8 Å². The number of non-ortho nitro benzene ring substituents is 1. The largest absolute Gasteiger partial charge is 0.487 e. The summed E-state index contributed by atoms with van der Waals surface area (Å²) in [5, 5.41) is 14.2. The molecule has 6 nitrogen and oxygen atoms in total. The summed E-state index contributed by atoms with van der Waals surface area (Å²) in [6, 6.07) is 4.98. The maximum absolute atomic E-state index is 10.9. The Morgan fingerprint density at radius 3 is 2.81 bits per heavy atom. The van der Waals surface area contributed by atoms with E-state index in [2.05, 4.69) is 12.2 Å². The molecule has 21 heavy (non-hydrogen) atoms. The summed E-state index contributed by atoms with van der Waals surface area (Å²) in [7, 11) is 0. The second-order valence-electron chi connectivity index (χ2n) is 5.18. The predicted molar refractivity (Wildman–Crippen MR) is 79.7 cm³/mol. The lowest BCUT2D eigenvalue weighted by Gasteiger charge is -2.44. The molecule has 1 saturated carbocycles. The zero-order valence-corrected chi connectivity index (χ0v) is 12.7. The van der Waals surface area contributed by atoms with Crippen molar-refractivity contribution >= 4 is 5.69 Å². The van der Waals surface area contributed by atoms with Crippen LogP contribution >= 0.6 is 0 Å². The molecule has 0 amide bonds. The van der Waals surface area contributed by atoms with Crippen molar-refractivity contribution in [2.45, 2.75) is 45.4 Å². The molecule has 1 aromatic rings. The number of hydrogen-bond acceptors (Lipinski definition) is 5. The normalized spacial score (nSPS) is 24.4. The van der Waals surface area contributed by atoms with Crippen LogP contribution in [0.3, 0.4) is 0 Å². The Balaban J connectivity index is 2.07. The van der Waals surface area contributed by atoms with E-state index in [9.17, 15) is 10.1 Å². The number of benzene rings is 1. The van der Waals surface area contributed by atoms with Gasteiger partial charge in [0.15, 0.2) is 0 Å². The summed E-state index contributed by atoms with van der Waals surface area (Å²) in [6.07, 6.45) is 0.781. The van der Waals surface area contributed by atoms with Gasteiger partial charge in [0.25, 0.3) is 5.69 Å². The fourth-order valence-electron chi connectivity index (χ4n) is 2.57. The molecule has 0 heterocycles. The zero-order chi connectivity index (χ0) is 15.4. The highest BCUT2D eigenvalue weighted by atomic mass is 16.6. The minimum atomic E-state index is -0.408. The van der Waals surface area contributed by atoms with Crippen LogP contribution in [0.1, 0.15) is 25.8 Å². The van der Waals surface area contributed by atoms with Gasteiger partial charge in [-0.2, -0.15) is 0 Å². The number of likely N-dealkylation sites (N-methyl/N-ethyl adjacent to an activating group) is 1. The second-order valence-corrected chi connectivity index (χ2v) is 5.18. The van der Waals surface area contributed by atoms with Crippen LogP contribution in [-0.4, -0.2) is 36.3 Å². The highest BCUT2D eigenvalue weighted by molar-refractivity contribution is 5.44. The Labute approximate surface area is 124 Å². The van der Waals surface area contributed by atoms with Crippen LogP contribution in [0.2, 0.25) is 0 Å². The van der Waals surface area contributed by atoms with Gasteiger partial charge in [-0.1, -0.05) is 6.92 Å². The Kier molecular flexibility index (Phi) is 5.14. The molecule has 116 valence electrons. The number of ether oxygens (including phenoxy) is 2. The van der Waals surface area contributed by atoms with Gasteiger partial charge in [0.1, 0.15) is 18.0 Å². The Morgan fingerprint density at radius 1 is 1.43 bits per heavy atom. The van der Waals surface area contributed by atoms with Crippen molar-refractivity contribution in [3.63, 3.8) is 0 Å². The van der Waals surface area contributed by atoms with Gasteiger partial charge in [-0.25, -0.2) is 0 Å². The summed E-state index contributed by atoms with van der Waals surface area (Å²) in [4.78, 5) is 10.4. The number of nitro benzene ring substituents is 1. The van der Waals surface area contributed by atoms with Crippen molar-refractivity contribution in [3.8, 4) is 5.75 Å². The molecular weight excluding hydrogens is 272 g/mol. The first kappa shape index (κ1) is 15.7. The first-order valence-electron chi connectivity index (χ1n) is 7.33. The van der Waals surface area contributed by atoms with Gasteiger partial charge in [0, 0.05) is 25.1 Å². The van der Waals surface area contributed by atoms with Gasteiger partial charge in [0.05, 0.1) is 11.0 Å². The standard InChI is InChI=1S/C15H22N2O4/c1-4-16-12-9-14(15(12)20-5-2)21-13-8-11(17(18)19)7-6-10(13)3/h6-8,12,14-16H,4-5,9H2,1-3H3. The molecule has 6 heteroatoms. The summed E-state index contributed by atoms with van der Waals surface area (Å²) in [6.45, 7) is 7.41. The van der Waals surface area contributed by atoms with E-state index >= 15 is 0 Å². The maximum atomic E-state index is 10.9. The monoisotopic (exact) mass is 294 g/mol. The lowest BCUT2D eigenvalue weighted by molar-refractivity contribution is -0.385. The smallest absolute Gasteiger partial charge is 0.273 e. The van der Waals surface area contributed by atoms with Crippen LogP contribution in [0.25, 0.3) is 0 Å². The van der Waals surface area contributed by atoms with E-state index in [1.165, 1.54) is 12.1 Å². The third kappa shape index (κ3) is 3.51. The van der Waals surface area contributed by atoms with Crippen molar-refractivity contribution in [2.24, 2.45) is 0 Å². The number of nitrogens with zero attached hydrogens (tertiary/aromatic N) is 1. The fourth-order valence-corrected chi connectivity index (χ4v) is 2.57. The van der Waals surface area contributed by atoms with Gasteiger partial charge < -0.3 is 14.8 Å². The zero-order valence-electron chi connectivity index (χ0n) is 12.7. The van der Waals surface area contributed by atoms with E-state index < -0.39 is 4.92 Å². The fraction of sp³-hybridized carbons (Fsp3) is 0.600. The second kappa shape index (κ2) is 6.87. The maximum Gasteiger partial charge on any atom is 0.273 e. The molecule has 1 aliphatic carbocycles. The van der Waals surface area contributed by atoms with Gasteiger partial charge in [0.2, 0.25) is 0 Å². The average molecular weight is 294 g/mol. The molecule has 0 saturated heterocycles. The Bertz CT molecular complexity index is 506. The molecule has 1 aliphatic rings. The van der Waals surface area contributed by atoms with Gasteiger partial charge in [-0.15, -0.1) is 0 Å². The number of nitrogens with one attached hydrogen (secondary N) is 1. The van der Waals surface area contributed by atoms with Crippen molar-refractivity contribution < 1.29 is 14.4 Å². The molecule has 0 spiro atoms. The molecular formula is C15H22N2O4. The number of nitro groups is 1. The molecule has 0 bridgehead atoms. The third-order valence-corrected chi connectivity index (χ3v) is 3.74. The van der Waals surface area contributed by atoms with Crippen LogP contribution in [-0.2, 0) is 4.74 Å². The van der Waals surface area contributed by atoms with Gasteiger partial charge in [-0.05, 0) is 32.0 Å². The molecule has 1 aromatic carbocycles. The molecule has 3 atom stereocenters. The molecule has 0 aliphatic heterocycles. The van der Waals surface area contributed by atoms with E-state index in [1.54, 1.807) is 6.07 Å². The highest BCUT2D eigenvalue weighted by Crippen LogP contribution is 2.32. The lowest BCUT2D eigenvalue weighted by atomic mass is 9.85. The number of aryl methyl sites for hydroxylation is 1. The first-order valence-corrected chi connectivity index (χ1v) is 7.33. The van der Waals surface area contributed by atoms with Crippen molar-refractivity contribution in [1.29, 1.82) is 0 Å². The topological polar surface area (TPSA) is 73.6 Å². The molecule has 2 rings (SSSR count). The first-order chi connectivity index (χ1) is 10.1. The Hall–Kier alpha value is -1.66. The van der Waals surface area contributed by atoms with Gasteiger partial charge >= 0.3 is 0 Å². The van der Waals surface area contributed by atoms with Crippen LogP contribution in [0, 0.1) is 17.0 Å². The lowest BCUT2D eigenvalue weighted by Crippen LogP contribution is -2.61. The predicted octanol–water partition coefficient (Wildman–Crippen LogP) is 2.44. The highest BCUT2D eigenvalue weighted by Gasteiger charge is 2.43. The van der Waals surface area contributed by atoms with Crippen molar-refractivity contribution in [3.05, 3.63) is 33.9 Å². The van der Waals surface area contributed by atoms with Crippen LogP contribution < -0.4 is 10.1 Å². The minimum absolute atomic E-state index is 0.00591. The molecule has 1 fully saturated rings. The van der Waals surface area contributed by atoms with Crippen molar-refractivity contribution in [2.75, 3.05) is 13.2 Å². The summed E-state index contributed by atoms with van der Waals surface area (Å²) in [5.74, 6) is 0.564. The average Bonchev–Trinajstić information content (AvgIpc) is 2.45. The summed E-state index contributed by atoms with van der Waals surface area (Å²) < 4.78 is 11.7. The van der Waals surface area contributed by atoms with E-state index in [0.717, 1.165) is 18.5 Å². The Morgan fingerprint density at radius 2 is 2.19 bits per heavy atom. The van der Waals surface area contributed by atoms with Crippen LogP contribution in [0.5, 0.6) is 5.75 Å². The van der Waals surface area contributed by atoms with Gasteiger partial charge in [-0.3, -0.25) is 10.1 Å². The van der Waals surface area contributed by atoms with Crippen molar-refractivity contribution in [1.82, 2.24) is 5.32 Å². The van der Waals surface area contributed by atoms with E-state index in [0.29, 0.717) is 18.4 Å². The molecule has 0 radical (unpaired) electrons. The summed E-state index contributed by atoms with van der Waals surface area (Å²) >= 11 is 0. The minimum Gasteiger partial charge on any atom is -0.487 e. The van der Waals surface area contributed by atoms with Crippen LogP contribution in [0.15, 0.2) is 18.2 Å². The quantitative estimate of drug-likeness (QED) is 0.617. The molecule has 3 unspecified atom stereocenters. The van der Waals surface area contributed by atoms with E-state index in [4.69, 9.17) is 9.47 Å². The number of rotatable bonds is 7. The molecule has 0 aromatic heterocycles. The SMILES string of the molecule is CCNC1CC(Oc2cc([N+](=O)[O-])ccc2C)C1OCC. The van der Waals surface area contributed by atoms with Crippen LogP contribution in [0.4, 0.5) is 5.69 Å². The number of hydrogen-bond donors (Lipinski definition) is 1. The third-order valence-electron chi connectivity index (χ3n) is 3.74. The summed E-state index contributed by atoms with van der Waals surface area (Å²) in [5.41, 5.74) is 0.939. The van der Waals surface area contributed by atoms with E-state index in [-0.39, 0.29) is 17.9 Å².